The molecule has 2 saturated heterocycles. The van der Waals surface area contributed by atoms with Crippen molar-refractivity contribution in [3.8, 4) is 0 Å². The number of morpholine rings is 1. The smallest absolute Gasteiger partial charge is 0.243 e. The summed E-state index contributed by atoms with van der Waals surface area (Å²) < 4.78 is 32.8. The van der Waals surface area contributed by atoms with Crippen LogP contribution < -0.4 is 10.6 Å². The first-order valence-electron chi connectivity index (χ1n) is 9.18. The highest BCUT2D eigenvalue weighted by atomic mass is 32.2. The van der Waals surface area contributed by atoms with E-state index in [2.05, 4.69) is 10.6 Å². The molecule has 0 spiro atoms. The Hall–Kier alpha value is -1.48. The average Bonchev–Trinajstić information content (AvgIpc) is 2.64. The summed E-state index contributed by atoms with van der Waals surface area (Å²) in [7, 11) is -3.53. The first kappa shape index (κ1) is 19.3. The number of piperidine rings is 1. The van der Waals surface area contributed by atoms with E-state index in [1.165, 1.54) is 0 Å². The maximum absolute atomic E-state index is 12.9. The van der Waals surface area contributed by atoms with Crippen molar-refractivity contribution in [2.24, 2.45) is 0 Å². The monoisotopic (exact) mass is 381 g/mol. The van der Waals surface area contributed by atoms with E-state index >= 15 is 0 Å². The molecule has 0 saturated carbocycles. The van der Waals surface area contributed by atoms with Crippen LogP contribution in [0.3, 0.4) is 0 Å². The minimum atomic E-state index is -3.53. The van der Waals surface area contributed by atoms with Crippen molar-refractivity contribution < 1.29 is 17.9 Å². The predicted molar refractivity (Wildman–Crippen MR) is 99.6 cm³/mol. The Bertz CT molecular complexity index is 739. The molecule has 2 aliphatic heterocycles. The van der Waals surface area contributed by atoms with Crippen LogP contribution in [-0.2, 0) is 19.6 Å². The number of sulfonamides is 1. The second-order valence-electron chi connectivity index (χ2n) is 6.92. The molecule has 144 valence electrons. The SMILES string of the molecule is Cc1ccc(NC(=O)CC2COCCN2)cc1S(=O)(=O)N1CCCCC1. The minimum absolute atomic E-state index is 0.00856. The fourth-order valence-corrected chi connectivity index (χ4v) is 5.15. The zero-order valence-corrected chi connectivity index (χ0v) is 16.0. The Morgan fingerprint density at radius 3 is 2.77 bits per heavy atom. The molecule has 1 unspecified atom stereocenters. The van der Waals surface area contributed by atoms with Crippen LogP contribution in [0.5, 0.6) is 0 Å². The molecule has 2 N–H and O–H groups in total. The summed E-state index contributed by atoms with van der Waals surface area (Å²) in [6, 6.07) is 5.05. The van der Waals surface area contributed by atoms with Crippen molar-refractivity contribution >= 4 is 21.6 Å². The number of carbonyl (C=O) groups is 1. The molecule has 0 radical (unpaired) electrons. The quantitative estimate of drug-likeness (QED) is 0.807. The number of amides is 1. The summed E-state index contributed by atoms with van der Waals surface area (Å²) in [5.41, 5.74) is 1.20. The second kappa shape index (κ2) is 8.47. The van der Waals surface area contributed by atoms with E-state index in [4.69, 9.17) is 4.74 Å². The standard InChI is InChI=1S/C18H27N3O4S/c1-14-5-6-15(20-18(22)12-16-13-25-10-7-19-16)11-17(14)26(23,24)21-8-3-2-4-9-21/h5-6,11,16,19H,2-4,7-10,12-13H2,1H3,(H,20,22). The molecule has 2 aliphatic rings. The fraction of sp³-hybridized carbons (Fsp3) is 0.611. The summed E-state index contributed by atoms with van der Waals surface area (Å²) in [4.78, 5) is 12.5. The highest BCUT2D eigenvalue weighted by Gasteiger charge is 2.27. The van der Waals surface area contributed by atoms with E-state index in [1.54, 1.807) is 29.4 Å². The molecule has 1 aromatic carbocycles. The van der Waals surface area contributed by atoms with Crippen LogP contribution in [0.15, 0.2) is 23.1 Å². The van der Waals surface area contributed by atoms with Gasteiger partial charge in [-0.05, 0) is 37.5 Å². The maximum Gasteiger partial charge on any atom is 0.243 e. The van der Waals surface area contributed by atoms with Crippen molar-refractivity contribution in [2.45, 2.75) is 43.5 Å². The Morgan fingerprint density at radius 1 is 1.31 bits per heavy atom. The van der Waals surface area contributed by atoms with E-state index < -0.39 is 10.0 Å². The van der Waals surface area contributed by atoms with E-state index in [0.29, 0.717) is 44.0 Å². The Kier molecular flexibility index (Phi) is 6.29. The molecule has 8 heteroatoms. The molecular weight excluding hydrogens is 354 g/mol. The van der Waals surface area contributed by atoms with Crippen molar-refractivity contribution in [3.05, 3.63) is 23.8 Å². The Balaban J connectivity index is 1.71. The first-order valence-corrected chi connectivity index (χ1v) is 10.6. The number of rotatable bonds is 5. The summed E-state index contributed by atoms with van der Waals surface area (Å²) >= 11 is 0. The van der Waals surface area contributed by atoms with Gasteiger partial charge in [-0.3, -0.25) is 4.79 Å². The van der Waals surface area contributed by atoms with E-state index in [9.17, 15) is 13.2 Å². The van der Waals surface area contributed by atoms with E-state index in [0.717, 1.165) is 25.8 Å². The normalized spacial score (nSPS) is 22.1. The van der Waals surface area contributed by atoms with Crippen LogP contribution in [0, 0.1) is 6.92 Å². The van der Waals surface area contributed by atoms with Gasteiger partial charge in [0.05, 0.1) is 18.1 Å². The molecule has 2 heterocycles. The number of benzene rings is 1. The lowest BCUT2D eigenvalue weighted by Gasteiger charge is -2.27. The summed E-state index contributed by atoms with van der Waals surface area (Å²) in [5, 5.41) is 6.05. The number of aryl methyl sites for hydroxylation is 1. The molecule has 26 heavy (non-hydrogen) atoms. The molecule has 1 amide bonds. The van der Waals surface area contributed by atoms with Crippen molar-refractivity contribution in [1.82, 2.24) is 9.62 Å². The van der Waals surface area contributed by atoms with Gasteiger partial charge < -0.3 is 15.4 Å². The summed E-state index contributed by atoms with van der Waals surface area (Å²) in [6.07, 6.45) is 3.15. The van der Waals surface area contributed by atoms with Crippen LogP contribution in [0.2, 0.25) is 0 Å². The highest BCUT2D eigenvalue weighted by molar-refractivity contribution is 7.89. The molecule has 3 rings (SSSR count). The lowest BCUT2D eigenvalue weighted by molar-refractivity contribution is -0.117. The van der Waals surface area contributed by atoms with Gasteiger partial charge in [0.1, 0.15) is 0 Å². The maximum atomic E-state index is 12.9. The third-order valence-electron chi connectivity index (χ3n) is 4.84. The third kappa shape index (κ3) is 4.62. The predicted octanol–water partition coefficient (Wildman–Crippen LogP) is 1.49. The van der Waals surface area contributed by atoms with Crippen LogP contribution in [0.25, 0.3) is 0 Å². The van der Waals surface area contributed by atoms with Crippen LogP contribution in [0.4, 0.5) is 5.69 Å². The molecule has 1 atom stereocenters. The first-order chi connectivity index (χ1) is 12.5. The van der Waals surface area contributed by atoms with Crippen molar-refractivity contribution in [2.75, 3.05) is 38.2 Å². The number of hydrogen-bond acceptors (Lipinski definition) is 5. The number of carbonyl (C=O) groups excluding carboxylic acids is 1. The number of hydrogen-bond donors (Lipinski definition) is 2. The molecule has 0 aromatic heterocycles. The van der Waals surface area contributed by atoms with Crippen LogP contribution in [-0.4, -0.2) is 57.5 Å². The van der Waals surface area contributed by atoms with Gasteiger partial charge in [-0.1, -0.05) is 12.5 Å². The van der Waals surface area contributed by atoms with Gasteiger partial charge in [-0.15, -0.1) is 0 Å². The highest BCUT2D eigenvalue weighted by Crippen LogP contribution is 2.26. The number of nitrogens with one attached hydrogen (secondary N) is 2. The number of ether oxygens (including phenoxy) is 1. The Morgan fingerprint density at radius 2 is 2.08 bits per heavy atom. The zero-order chi connectivity index (χ0) is 18.6. The third-order valence-corrected chi connectivity index (χ3v) is 6.88. The molecule has 1 aromatic rings. The van der Waals surface area contributed by atoms with E-state index in [-0.39, 0.29) is 16.8 Å². The van der Waals surface area contributed by atoms with Gasteiger partial charge in [0, 0.05) is 37.8 Å². The Labute approximate surface area is 155 Å². The lowest BCUT2D eigenvalue weighted by Crippen LogP contribution is -2.43. The van der Waals surface area contributed by atoms with Gasteiger partial charge in [0.15, 0.2) is 0 Å². The number of anilines is 1. The second-order valence-corrected chi connectivity index (χ2v) is 8.83. The summed E-state index contributed by atoms with van der Waals surface area (Å²) in [6.45, 7) is 4.81. The van der Waals surface area contributed by atoms with Gasteiger partial charge in [-0.25, -0.2) is 8.42 Å². The number of nitrogens with zero attached hydrogens (tertiary/aromatic N) is 1. The van der Waals surface area contributed by atoms with Gasteiger partial charge in [-0.2, -0.15) is 4.31 Å². The minimum Gasteiger partial charge on any atom is -0.378 e. The van der Waals surface area contributed by atoms with E-state index in [1.807, 2.05) is 0 Å². The lowest BCUT2D eigenvalue weighted by atomic mass is 10.1. The molecule has 0 bridgehead atoms. The average molecular weight is 381 g/mol. The summed E-state index contributed by atoms with van der Waals surface area (Å²) in [5.74, 6) is -0.154. The van der Waals surface area contributed by atoms with Gasteiger partial charge >= 0.3 is 0 Å². The fourth-order valence-electron chi connectivity index (χ4n) is 3.39. The molecule has 0 aliphatic carbocycles. The van der Waals surface area contributed by atoms with Gasteiger partial charge in [0.2, 0.25) is 15.9 Å². The molecule has 7 nitrogen and oxygen atoms in total. The van der Waals surface area contributed by atoms with Crippen molar-refractivity contribution in [3.63, 3.8) is 0 Å². The zero-order valence-electron chi connectivity index (χ0n) is 15.2. The van der Waals surface area contributed by atoms with Crippen LogP contribution in [0.1, 0.15) is 31.2 Å². The van der Waals surface area contributed by atoms with Gasteiger partial charge in [0.25, 0.3) is 0 Å². The topological polar surface area (TPSA) is 87.7 Å². The largest absolute Gasteiger partial charge is 0.378 e. The van der Waals surface area contributed by atoms with Crippen molar-refractivity contribution in [1.29, 1.82) is 0 Å². The molecular formula is C18H27N3O4S. The van der Waals surface area contributed by atoms with Crippen LogP contribution >= 0.6 is 0 Å². The molecule has 2 fully saturated rings.